The van der Waals surface area contributed by atoms with Crippen LogP contribution in [0.2, 0.25) is 0 Å². The number of nitrogen functional groups attached to an aromatic ring is 1. The number of benzene rings is 1. The van der Waals surface area contributed by atoms with Crippen LogP contribution in [-0.4, -0.2) is 15.5 Å². The van der Waals surface area contributed by atoms with Crippen molar-refractivity contribution in [3.05, 3.63) is 40.4 Å². The van der Waals surface area contributed by atoms with Crippen molar-refractivity contribution in [3.8, 4) is 0 Å². The first kappa shape index (κ1) is 13.5. The average Bonchev–Trinajstić information content (AvgIpc) is 2.86. The SMILES string of the molecule is CCCc1nnsc1C(=O)NCc1ccccc1N. The van der Waals surface area contributed by atoms with Gasteiger partial charge < -0.3 is 11.1 Å². The molecule has 0 fully saturated rings. The van der Waals surface area contributed by atoms with Crippen LogP contribution >= 0.6 is 11.5 Å². The van der Waals surface area contributed by atoms with Crippen molar-refractivity contribution < 1.29 is 4.79 Å². The molecule has 0 saturated carbocycles. The summed E-state index contributed by atoms with van der Waals surface area (Å²) in [6.45, 7) is 2.46. The minimum absolute atomic E-state index is 0.137. The number of nitrogens with zero attached hydrogens (tertiary/aromatic N) is 2. The maximum atomic E-state index is 12.1. The molecule has 0 bridgehead atoms. The molecule has 2 aromatic rings. The fourth-order valence-electron chi connectivity index (χ4n) is 1.73. The Morgan fingerprint density at radius 2 is 2.21 bits per heavy atom. The summed E-state index contributed by atoms with van der Waals surface area (Å²) in [5, 5.41) is 6.84. The summed E-state index contributed by atoms with van der Waals surface area (Å²) in [5.41, 5.74) is 8.19. The third-order valence-electron chi connectivity index (χ3n) is 2.74. The van der Waals surface area contributed by atoms with Crippen LogP contribution in [0.15, 0.2) is 24.3 Å². The first-order valence-electron chi connectivity index (χ1n) is 6.15. The smallest absolute Gasteiger partial charge is 0.265 e. The van der Waals surface area contributed by atoms with E-state index in [1.807, 2.05) is 31.2 Å². The van der Waals surface area contributed by atoms with Gasteiger partial charge >= 0.3 is 0 Å². The Hall–Kier alpha value is -1.95. The van der Waals surface area contributed by atoms with Crippen molar-refractivity contribution >= 4 is 23.1 Å². The number of para-hydroxylation sites is 1. The van der Waals surface area contributed by atoms with E-state index in [-0.39, 0.29) is 5.91 Å². The molecule has 1 aromatic carbocycles. The summed E-state index contributed by atoms with van der Waals surface area (Å²) in [6.07, 6.45) is 1.71. The Morgan fingerprint density at radius 1 is 1.42 bits per heavy atom. The van der Waals surface area contributed by atoms with Gasteiger partial charge in [-0.25, -0.2) is 0 Å². The lowest BCUT2D eigenvalue weighted by atomic mass is 10.2. The van der Waals surface area contributed by atoms with Crippen molar-refractivity contribution in [3.63, 3.8) is 0 Å². The number of hydrogen-bond acceptors (Lipinski definition) is 5. The highest BCUT2D eigenvalue weighted by molar-refractivity contribution is 7.08. The van der Waals surface area contributed by atoms with E-state index in [1.165, 1.54) is 0 Å². The number of nitrogens with two attached hydrogens (primary N) is 1. The first-order valence-corrected chi connectivity index (χ1v) is 6.92. The number of anilines is 1. The van der Waals surface area contributed by atoms with Gasteiger partial charge in [-0.15, -0.1) is 5.10 Å². The van der Waals surface area contributed by atoms with Gasteiger partial charge in [-0.05, 0) is 29.6 Å². The lowest BCUT2D eigenvalue weighted by molar-refractivity contribution is 0.0954. The standard InChI is InChI=1S/C13H16N4OS/c1-2-5-11-12(19-17-16-11)13(18)15-8-9-6-3-4-7-10(9)14/h3-4,6-7H,2,5,8,14H2,1H3,(H,15,18). The van der Waals surface area contributed by atoms with Gasteiger partial charge in [0.05, 0.1) is 5.69 Å². The number of aryl methyl sites for hydroxylation is 1. The Balaban J connectivity index is 2.02. The molecular weight excluding hydrogens is 260 g/mol. The number of carbonyl (C=O) groups excluding carboxylic acids is 1. The van der Waals surface area contributed by atoms with Crippen LogP contribution < -0.4 is 11.1 Å². The molecule has 0 unspecified atom stereocenters. The minimum Gasteiger partial charge on any atom is -0.398 e. The zero-order valence-corrected chi connectivity index (χ0v) is 11.5. The second-order valence-corrected chi connectivity index (χ2v) is 4.93. The van der Waals surface area contributed by atoms with Crippen molar-refractivity contribution in [2.75, 3.05) is 5.73 Å². The Bertz CT molecular complexity index is 567. The van der Waals surface area contributed by atoms with E-state index in [2.05, 4.69) is 14.9 Å². The van der Waals surface area contributed by atoms with Gasteiger partial charge in [0.15, 0.2) is 0 Å². The van der Waals surface area contributed by atoms with E-state index in [0.29, 0.717) is 17.1 Å². The summed E-state index contributed by atoms with van der Waals surface area (Å²) in [6, 6.07) is 7.48. The van der Waals surface area contributed by atoms with E-state index >= 15 is 0 Å². The van der Waals surface area contributed by atoms with Gasteiger partial charge in [0, 0.05) is 12.2 Å². The molecule has 3 N–H and O–H groups in total. The van der Waals surface area contributed by atoms with Crippen LogP contribution in [-0.2, 0) is 13.0 Å². The Kier molecular flexibility index (Phi) is 4.46. The van der Waals surface area contributed by atoms with E-state index in [9.17, 15) is 4.79 Å². The van der Waals surface area contributed by atoms with Crippen LogP contribution in [0.25, 0.3) is 0 Å². The van der Waals surface area contributed by atoms with E-state index < -0.39 is 0 Å². The number of hydrogen-bond donors (Lipinski definition) is 2. The summed E-state index contributed by atoms with van der Waals surface area (Å²) in [7, 11) is 0. The number of amides is 1. The molecule has 6 heteroatoms. The maximum absolute atomic E-state index is 12.1. The van der Waals surface area contributed by atoms with Gasteiger partial charge in [-0.1, -0.05) is 36.0 Å². The molecule has 0 radical (unpaired) electrons. The van der Waals surface area contributed by atoms with Gasteiger partial charge in [-0.2, -0.15) is 0 Å². The molecule has 0 saturated heterocycles. The molecule has 19 heavy (non-hydrogen) atoms. The second-order valence-electron chi connectivity index (χ2n) is 4.18. The highest BCUT2D eigenvalue weighted by Crippen LogP contribution is 2.14. The largest absolute Gasteiger partial charge is 0.398 e. The van der Waals surface area contributed by atoms with Gasteiger partial charge in [0.1, 0.15) is 4.88 Å². The Morgan fingerprint density at radius 3 is 2.95 bits per heavy atom. The molecule has 0 atom stereocenters. The molecule has 1 aromatic heterocycles. The van der Waals surface area contributed by atoms with Crippen LogP contribution in [0.4, 0.5) is 5.69 Å². The van der Waals surface area contributed by atoms with Crippen molar-refractivity contribution in [2.45, 2.75) is 26.3 Å². The lowest BCUT2D eigenvalue weighted by Gasteiger charge is -2.07. The van der Waals surface area contributed by atoms with Crippen LogP contribution in [0.1, 0.15) is 34.3 Å². The third-order valence-corrected chi connectivity index (χ3v) is 3.51. The van der Waals surface area contributed by atoms with E-state index in [4.69, 9.17) is 5.73 Å². The number of aromatic nitrogens is 2. The predicted molar refractivity (Wildman–Crippen MR) is 75.9 cm³/mol. The van der Waals surface area contributed by atoms with Crippen molar-refractivity contribution in [2.24, 2.45) is 0 Å². The summed E-state index contributed by atoms with van der Waals surface area (Å²) >= 11 is 1.13. The van der Waals surface area contributed by atoms with E-state index in [1.54, 1.807) is 0 Å². The molecular formula is C13H16N4OS. The van der Waals surface area contributed by atoms with Gasteiger partial charge in [-0.3, -0.25) is 4.79 Å². The van der Waals surface area contributed by atoms with Crippen LogP contribution in [0.3, 0.4) is 0 Å². The fourth-order valence-corrected chi connectivity index (χ4v) is 2.36. The monoisotopic (exact) mass is 276 g/mol. The van der Waals surface area contributed by atoms with Gasteiger partial charge in [0.2, 0.25) is 0 Å². The molecule has 0 aliphatic heterocycles. The zero-order chi connectivity index (χ0) is 13.7. The van der Waals surface area contributed by atoms with Gasteiger partial charge in [0.25, 0.3) is 5.91 Å². The Labute approximate surface area is 116 Å². The molecule has 2 rings (SSSR count). The van der Waals surface area contributed by atoms with Crippen LogP contribution in [0, 0.1) is 0 Å². The van der Waals surface area contributed by atoms with E-state index in [0.717, 1.165) is 35.6 Å². The normalized spacial score (nSPS) is 10.4. The molecule has 1 heterocycles. The highest BCUT2D eigenvalue weighted by atomic mass is 32.1. The van der Waals surface area contributed by atoms with Crippen molar-refractivity contribution in [1.82, 2.24) is 14.9 Å². The average molecular weight is 276 g/mol. The molecule has 1 amide bonds. The third kappa shape index (κ3) is 3.29. The second kappa shape index (κ2) is 6.29. The summed E-state index contributed by atoms with van der Waals surface area (Å²) in [5.74, 6) is -0.137. The fraction of sp³-hybridized carbons (Fsp3) is 0.308. The molecule has 0 aliphatic rings. The number of rotatable bonds is 5. The molecule has 0 aliphatic carbocycles. The summed E-state index contributed by atoms with van der Waals surface area (Å²) < 4.78 is 3.84. The summed E-state index contributed by atoms with van der Waals surface area (Å²) in [4.78, 5) is 12.7. The zero-order valence-electron chi connectivity index (χ0n) is 10.7. The predicted octanol–water partition coefficient (Wildman–Crippen LogP) is 2.00. The molecule has 100 valence electrons. The van der Waals surface area contributed by atoms with Crippen molar-refractivity contribution in [1.29, 1.82) is 0 Å². The first-order chi connectivity index (χ1) is 9.22. The number of carbonyl (C=O) groups is 1. The molecule has 0 spiro atoms. The quantitative estimate of drug-likeness (QED) is 0.818. The van der Waals surface area contributed by atoms with Crippen LogP contribution in [0.5, 0.6) is 0 Å². The number of nitrogens with one attached hydrogen (secondary N) is 1. The lowest BCUT2D eigenvalue weighted by Crippen LogP contribution is -2.23. The topological polar surface area (TPSA) is 80.9 Å². The highest BCUT2D eigenvalue weighted by Gasteiger charge is 2.15. The maximum Gasteiger partial charge on any atom is 0.265 e. The molecule has 5 nitrogen and oxygen atoms in total. The minimum atomic E-state index is -0.137.